The predicted molar refractivity (Wildman–Crippen MR) is 118 cm³/mol. The van der Waals surface area contributed by atoms with E-state index in [1.165, 1.54) is 24.3 Å². The monoisotopic (exact) mass is 446 g/mol. The van der Waals surface area contributed by atoms with Gasteiger partial charge in [-0.15, -0.1) is 11.3 Å². The van der Waals surface area contributed by atoms with Gasteiger partial charge in [0.05, 0.1) is 22.4 Å². The number of sulfone groups is 1. The van der Waals surface area contributed by atoms with Gasteiger partial charge in [-0.25, -0.2) is 17.8 Å². The number of hydrogen-bond acceptors (Lipinski definition) is 6. The van der Waals surface area contributed by atoms with E-state index < -0.39 is 20.9 Å². The molecular formula is C22H23FN2O3S2. The van der Waals surface area contributed by atoms with Crippen LogP contribution in [0.4, 0.5) is 9.52 Å². The van der Waals surface area contributed by atoms with Gasteiger partial charge >= 0.3 is 0 Å². The van der Waals surface area contributed by atoms with E-state index in [2.05, 4.69) is 4.90 Å². The van der Waals surface area contributed by atoms with Gasteiger partial charge in [-0.1, -0.05) is 0 Å². The Morgan fingerprint density at radius 1 is 1.10 bits per heavy atom. The van der Waals surface area contributed by atoms with E-state index in [1.54, 1.807) is 11.3 Å². The second-order valence-electron chi connectivity index (χ2n) is 7.16. The lowest BCUT2D eigenvalue weighted by molar-refractivity contribution is 0.340. The van der Waals surface area contributed by atoms with Crippen LogP contribution in [0.1, 0.15) is 19.8 Å². The molecule has 1 aliphatic rings. The average molecular weight is 447 g/mol. The van der Waals surface area contributed by atoms with Crippen molar-refractivity contribution in [3.8, 4) is 17.0 Å². The number of halogens is 1. The molecule has 0 amide bonds. The van der Waals surface area contributed by atoms with Crippen molar-refractivity contribution in [2.45, 2.75) is 29.9 Å². The minimum absolute atomic E-state index is 0.189. The van der Waals surface area contributed by atoms with Crippen LogP contribution in [0.5, 0.6) is 5.75 Å². The Bertz CT molecular complexity index is 1090. The van der Waals surface area contributed by atoms with Crippen molar-refractivity contribution in [1.29, 1.82) is 0 Å². The number of thiazole rings is 1. The highest BCUT2D eigenvalue weighted by Gasteiger charge is 2.32. The van der Waals surface area contributed by atoms with E-state index in [4.69, 9.17) is 9.72 Å². The first-order valence-electron chi connectivity index (χ1n) is 9.90. The van der Waals surface area contributed by atoms with E-state index in [0.717, 1.165) is 22.1 Å². The van der Waals surface area contributed by atoms with Gasteiger partial charge in [0.1, 0.15) is 11.6 Å². The summed E-state index contributed by atoms with van der Waals surface area (Å²) < 4.78 is 44.3. The van der Waals surface area contributed by atoms with E-state index in [1.807, 2.05) is 36.6 Å². The van der Waals surface area contributed by atoms with Crippen LogP contribution >= 0.6 is 11.3 Å². The highest BCUT2D eigenvalue weighted by molar-refractivity contribution is 7.92. The molecule has 0 atom stereocenters. The maximum absolute atomic E-state index is 13.1. The number of benzene rings is 2. The first kappa shape index (κ1) is 20.8. The minimum Gasteiger partial charge on any atom is -0.494 e. The van der Waals surface area contributed by atoms with E-state index >= 15 is 0 Å². The molecule has 4 rings (SSSR count). The second-order valence-corrected chi connectivity index (χ2v) is 10.2. The van der Waals surface area contributed by atoms with Gasteiger partial charge < -0.3 is 9.64 Å². The molecule has 8 heteroatoms. The van der Waals surface area contributed by atoms with Crippen LogP contribution in [0.15, 0.2) is 58.8 Å². The zero-order valence-electron chi connectivity index (χ0n) is 16.6. The summed E-state index contributed by atoms with van der Waals surface area (Å²) in [5.74, 6) is 0.400. The van der Waals surface area contributed by atoms with Gasteiger partial charge in [0.2, 0.25) is 0 Å². The Balaban J connectivity index is 1.41. The highest BCUT2D eigenvalue weighted by Crippen LogP contribution is 2.32. The Morgan fingerprint density at radius 2 is 1.77 bits per heavy atom. The summed E-state index contributed by atoms with van der Waals surface area (Å²) in [5, 5.41) is 2.47. The zero-order chi connectivity index (χ0) is 21.1. The number of ether oxygens (including phenoxy) is 1. The molecule has 1 fully saturated rings. The lowest BCUT2D eigenvalue weighted by Gasteiger charge is -2.31. The average Bonchev–Trinajstić information content (AvgIpc) is 3.25. The van der Waals surface area contributed by atoms with E-state index in [-0.39, 0.29) is 4.90 Å². The summed E-state index contributed by atoms with van der Waals surface area (Å²) in [7, 11) is -3.45. The smallest absolute Gasteiger partial charge is 0.185 e. The zero-order valence-corrected chi connectivity index (χ0v) is 18.3. The molecule has 2 aromatic carbocycles. The summed E-state index contributed by atoms with van der Waals surface area (Å²) >= 11 is 1.56. The fourth-order valence-electron chi connectivity index (χ4n) is 3.60. The molecule has 0 aliphatic carbocycles. The van der Waals surface area contributed by atoms with Crippen molar-refractivity contribution >= 4 is 26.3 Å². The molecule has 0 unspecified atom stereocenters. The third-order valence-electron chi connectivity index (χ3n) is 5.25. The molecule has 158 valence electrons. The normalized spacial score (nSPS) is 15.3. The van der Waals surface area contributed by atoms with E-state index in [0.29, 0.717) is 32.5 Å². The van der Waals surface area contributed by atoms with Crippen molar-refractivity contribution < 1.29 is 17.5 Å². The number of rotatable bonds is 6. The maximum Gasteiger partial charge on any atom is 0.185 e. The molecule has 0 bridgehead atoms. The summed E-state index contributed by atoms with van der Waals surface area (Å²) in [4.78, 5) is 7.07. The Hall–Kier alpha value is -2.45. The number of anilines is 1. The van der Waals surface area contributed by atoms with Crippen LogP contribution in [0.25, 0.3) is 11.3 Å². The largest absolute Gasteiger partial charge is 0.494 e. The topological polar surface area (TPSA) is 59.5 Å². The molecule has 0 radical (unpaired) electrons. The van der Waals surface area contributed by atoms with E-state index in [9.17, 15) is 12.8 Å². The van der Waals surface area contributed by atoms with Gasteiger partial charge in [-0.2, -0.15) is 0 Å². The molecule has 1 aromatic heterocycles. The number of aromatic nitrogens is 1. The molecule has 1 aliphatic heterocycles. The van der Waals surface area contributed by atoms with Gasteiger partial charge in [0, 0.05) is 24.0 Å². The molecule has 30 heavy (non-hydrogen) atoms. The van der Waals surface area contributed by atoms with Gasteiger partial charge in [0.15, 0.2) is 15.0 Å². The van der Waals surface area contributed by atoms with Crippen molar-refractivity contribution in [2.75, 3.05) is 24.6 Å². The fraction of sp³-hybridized carbons (Fsp3) is 0.318. The van der Waals surface area contributed by atoms with Crippen LogP contribution < -0.4 is 9.64 Å². The van der Waals surface area contributed by atoms with Crippen molar-refractivity contribution in [3.05, 3.63) is 59.7 Å². The summed E-state index contributed by atoms with van der Waals surface area (Å²) in [6.45, 7) is 3.84. The van der Waals surface area contributed by atoms with Crippen molar-refractivity contribution in [1.82, 2.24) is 4.98 Å². The lowest BCUT2D eigenvalue weighted by atomic mass is 10.1. The van der Waals surface area contributed by atoms with Crippen LogP contribution in [0.3, 0.4) is 0 Å². The third-order valence-corrected chi connectivity index (χ3v) is 8.43. The Morgan fingerprint density at radius 3 is 2.40 bits per heavy atom. The van der Waals surface area contributed by atoms with Crippen LogP contribution in [-0.4, -0.2) is 38.3 Å². The minimum atomic E-state index is -3.45. The predicted octanol–water partition coefficient (Wildman–Crippen LogP) is 4.79. The van der Waals surface area contributed by atoms with Gasteiger partial charge in [-0.05, 0) is 68.3 Å². The van der Waals surface area contributed by atoms with Gasteiger partial charge in [-0.3, -0.25) is 0 Å². The van der Waals surface area contributed by atoms with Gasteiger partial charge in [0.25, 0.3) is 0 Å². The van der Waals surface area contributed by atoms with Crippen LogP contribution in [0.2, 0.25) is 0 Å². The summed E-state index contributed by atoms with van der Waals surface area (Å²) in [6, 6.07) is 12.9. The fourth-order valence-corrected chi connectivity index (χ4v) is 6.23. The van der Waals surface area contributed by atoms with Crippen molar-refractivity contribution in [2.24, 2.45) is 0 Å². The quantitative estimate of drug-likeness (QED) is 0.510. The highest BCUT2D eigenvalue weighted by atomic mass is 32.2. The first-order chi connectivity index (χ1) is 14.5. The molecule has 5 nitrogen and oxygen atoms in total. The second kappa shape index (κ2) is 8.73. The SMILES string of the molecule is CCOc1ccc(-c2csc(N3CCC(S(=O)(=O)c4ccc(F)cc4)CC3)n2)cc1. The Kier molecular flexibility index (Phi) is 6.06. The Labute approximate surface area is 180 Å². The third kappa shape index (κ3) is 4.34. The summed E-state index contributed by atoms with van der Waals surface area (Å²) in [6.07, 6.45) is 1.05. The molecule has 0 spiro atoms. The molecule has 0 N–H and O–H groups in total. The van der Waals surface area contributed by atoms with Crippen LogP contribution in [0, 0.1) is 5.82 Å². The number of hydrogen-bond donors (Lipinski definition) is 0. The first-order valence-corrected chi connectivity index (χ1v) is 12.3. The number of nitrogens with zero attached hydrogens (tertiary/aromatic N) is 2. The molecular weight excluding hydrogens is 423 g/mol. The molecule has 0 saturated carbocycles. The van der Waals surface area contributed by atoms with Crippen LogP contribution in [-0.2, 0) is 9.84 Å². The maximum atomic E-state index is 13.1. The molecule has 3 aromatic rings. The van der Waals surface area contributed by atoms with Crippen molar-refractivity contribution in [3.63, 3.8) is 0 Å². The summed E-state index contributed by atoms with van der Waals surface area (Å²) in [5.41, 5.74) is 1.92. The standard InChI is InChI=1S/C22H23FN2O3S2/c1-2-28-18-7-3-16(4-8-18)21-15-29-22(24-21)25-13-11-20(12-14-25)30(26,27)19-9-5-17(23)6-10-19/h3-10,15,20H,2,11-14H2,1H3. The lowest BCUT2D eigenvalue weighted by Crippen LogP contribution is -2.39. The molecule has 1 saturated heterocycles. The number of piperidine rings is 1. The molecule has 2 heterocycles.